The molecule has 1 aromatic rings. The lowest BCUT2D eigenvalue weighted by Gasteiger charge is -2.14. The van der Waals surface area contributed by atoms with Gasteiger partial charge in [-0.15, -0.1) is 0 Å². The summed E-state index contributed by atoms with van der Waals surface area (Å²) in [6.45, 7) is 1.07. The highest BCUT2D eigenvalue weighted by atomic mass is 32.2. The van der Waals surface area contributed by atoms with Crippen molar-refractivity contribution in [2.75, 3.05) is 6.61 Å². The first-order chi connectivity index (χ1) is 6.09. The monoisotopic (exact) mass is 204 g/mol. The van der Waals surface area contributed by atoms with Crippen molar-refractivity contribution in [3.63, 3.8) is 0 Å². The molecule has 0 radical (unpaired) electrons. The van der Waals surface area contributed by atoms with Gasteiger partial charge in [0.05, 0.1) is 12.8 Å². The van der Waals surface area contributed by atoms with Gasteiger partial charge in [-0.3, -0.25) is 4.55 Å². The Balaban J connectivity index is 2.55. The zero-order valence-electron chi connectivity index (χ0n) is 6.67. The lowest BCUT2D eigenvalue weighted by atomic mass is 10.4. The van der Waals surface area contributed by atoms with Crippen LogP contribution in [0.1, 0.15) is 6.42 Å². The maximum absolute atomic E-state index is 10.8. The number of rotatable bonds is 1. The Labute approximate surface area is 74.9 Å². The predicted molar refractivity (Wildman–Crippen MR) is 42.2 cm³/mol. The summed E-state index contributed by atoms with van der Waals surface area (Å²) in [5, 5.41) is 3.78. The molecule has 0 saturated heterocycles. The predicted octanol–water partition coefficient (Wildman–Crippen LogP) is -0.0877. The number of nitrogens with zero attached hydrogens (tertiary/aromatic N) is 2. The van der Waals surface area contributed by atoms with E-state index in [9.17, 15) is 8.42 Å². The second-order valence-corrected chi connectivity index (χ2v) is 4.10. The van der Waals surface area contributed by atoms with E-state index < -0.39 is 10.1 Å². The molecule has 0 atom stereocenters. The molecule has 1 aliphatic heterocycles. The summed E-state index contributed by atoms with van der Waals surface area (Å²) in [6.07, 6.45) is 1.88. The lowest BCUT2D eigenvalue weighted by molar-refractivity contribution is 0.224. The SMILES string of the molecule is O=S(=O)(O)c1cnn2c1OCCC2. The van der Waals surface area contributed by atoms with Crippen LogP contribution in [0.2, 0.25) is 0 Å². The van der Waals surface area contributed by atoms with Gasteiger partial charge < -0.3 is 4.74 Å². The molecule has 6 nitrogen and oxygen atoms in total. The molecule has 0 amide bonds. The number of aryl methyl sites for hydroxylation is 1. The van der Waals surface area contributed by atoms with Gasteiger partial charge in [-0.2, -0.15) is 13.5 Å². The summed E-state index contributed by atoms with van der Waals surface area (Å²) in [5.41, 5.74) is 0. The Bertz CT molecular complexity index is 422. The van der Waals surface area contributed by atoms with E-state index in [4.69, 9.17) is 9.29 Å². The topological polar surface area (TPSA) is 81.4 Å². The number of ether oxygens (including phenoxy) is 1. The van der Waals surface area contributed by atoms with Gasteiger partial charge in [-0.1, -0.05) is 0 Å². The van der Waals surface area contributed by atoms with Crippen molar-refractivity contribution >= 4 is 10.1 Å². The number of fused-ring (bicyclic) bond motifs is 1. The second kappa shape index (κ2) is 2.71. The van der Waals surface area contributed by atoms with Gasteiger partial charge >= 0.3 is 10.1 Å². The molecule has 1 aliphatic rings. The maximum atomic E-state index is 10.8. The van der Waals surface area contributed by atoms with Gasteiger partial charge in [0, 0.05) is 13.0 Å². The van der Waals surface area contributed by atoms with Crippen LogP contribution in [0.4, 0.5) is 0 Å². The third-order valence-electron chi connectivity index (χ3n) is 1.79. The standard InChI is InChI=1S/C6H8N2O4S/c9-13(10,11)5-4-7-8-2-1-3-12-6(5)8/h4H,1-3H2,(H,9,10,11). The molecule has 72 valence electrons. The molecule has 0 unspecified atom stereocenters. The van der Waals surface area contributed by atoms with Gasteiger partial charge in [0.2, 0.25) is 5.88 Å². The van der Waals surface area contributed by atoms with Crippen LogP contribution >= 0.6 is 0 Å². The normalized spacial score (nSPS) is 16.4. The fourth-order valence-corrected chi connectivity index (χ4v) is 1.79. The molecule has 2 heterocycles. The average molecular weight is 204 g/mol. The summed E-state index contributed by atoms with van der Waals surface area (Å²) >= 11 is 0. The number of hydrogen-bond acceptors (Lipinski definition) is 4. The maximum Gasteiger partial charge on any atom is 0.301 e. The highest BCUT2D eigenvalue weighted by molar-refractivity contribution is 7.86. The smallest absolute Gasteiger partial charge is 0.301 e. The van der Waals surface area contributed by atoms with Gasteiger partial charge in [-0.05, 0) is 0 Å². The van der Waals surface area contributed by atoms with E-state index in [1.807, 2.05) is 0 Å². The van der Waals surface area contributed by atoms with E-state index in [-0.39, 0.29) is 10.8 Å². The quantitative estimate of drug-likeness (QED) is 0.646. The summed E-state index contributed by atoms with van der Waals surface area (Å²) in [6, 6.07) is 0. The van der Waals surface area contributed by atoms with Crippen LogP contribution in [0.15, 0.2) is 11.1 Å². The third-order valence-corrected chi connectivity index (χ3v) is 2.63. The van der Waals surface area contributed by atoms with Gasteiger partial charge in [0.1, 0.15) is 0 Å². The molecule has 0 fully saturated rings. The van der Waals surface area contributed by atoms with Crippen LogP contribution in [0.5, 0.6) is 5.88 Å². The largest absolute Gasteiger partial charge is 0.477 e. The first-order valence-electron chi connectivity index (χ1n) is 3.75. The summed E-state index contributed by atoms with van der Waals surface area (Å²) < 4.78 is 36.9. The summed E-state index contributed by atoms with van der Waals surface area (Å²) in [4.78, 5) is -0.257. The first-order valence-corrected chi connectivity index (χ1v) is 5.19. The Kier molecular flexibility index (Phi) is 1.77. The lowest BCUT2D eigenvalue weighted by Crippen LogP contribution is -2.16. The summed E-state index contributed by atoms with van der Waals surface area (Å²) in [5.74, 6) is 0.133. The molecular formula is C6H8N2O4S. The van der Waals surface area contributed by atoms with Crippen molar-refractivity contribution in [1.82, 2.24) is 9.78 Å². The Morgan fingerprint density at radius 2 is 2.38 bits per heavy atom. The molecule has 1 N–H and O–H groups in total. The van der Waals surface area contributed by atoms with Gasteiger partial charge in [0.25, 0.3) is 0 Å². The molecule has 1 aromatic heterocycles. The van der Waals surface area contributed by atoms with E-state index in [0.29, 0.717) is 13.2 Å². The molecule has 0 spiro atoms. The molecular weight excluding hydrogens is 196 g/mol. The van der Waals surface area contributed by atoms with Crippen LogP contribution in [-0.4, -0.2) is 29.4 Å². The average Bonchev–Trinajstić information content (AvgIpc) is 2.45. The Morgan fingerprint density at radius 3 is 3.08 bits per heavy atom. The zero-order valence-corrected chi connectivity index (χ0v) is 7.49. The summed E-state index contributed by atoms with van der Waals surface area (Å²) in [7, 11) is -4.21. The van der Waals surface area contributed by atoms with E-state index in [2.05, 4.69) is 5.10 Å². The van der Waals surface area contributed by atoms with Crippen molar-refractivity contribution in [3.8, 4) is 5.88 Å². The van der Waals surface area contributed by atoms with Gasteiger partial charge in [0.15, 0.2) is 4.90 Å². The molecule has 13 heavy (non-hydrogen) atoms. The van der Waals surface area contributed by atoms with Crippen LogP contribution in [0, 0.1) is 0 Å². The molecule has 7 heteroatoms. The van der Waals surface area contributed by atoms with Gasteiger partial charge in [-0.25, -0.2) is 4.68 Å². The Morgan fingerprint density at radius 1 is 1.62 bits per heavy atom. The Hall–Kier alpha value is -1.08. The molecule has 0 saturated carbocycles. The minimum Gasteiger partial charge on any atom is -0.477 e. The number of hydrogen-bond donors (Lipinski definition) is 1. The highest BCUT2D eigenvalue weighted by Crippen LogP contribution is 2.25. The first kappa shape index (κ1) is 8.52. The van der Waals surface area contributed by atoms with E-state index in [1.165, 1.54) is 4.68 Å². The molecule has 0 aromatic carbocycles. The minimum atomic E-state index is -4.21. The van der Waals surface area contributed by atoms with Crippen LogP contribution in [0.25, 0.3) is 0 Å². The van der Waals surface area contributed by atoms with Crippen molar-refractivity contribution in [3.05, 3.63) is 6.20 Å². The molecule has 0 bridgehead atoms. The zero-order chi connectivity index (χ0) is 9.47. The van der Waals surface area contributed by atoms with Crippen molar-refractivity contribution in [2.45, 2.75) is 17.9 Å². The van der Waals surface area contributed by atoms with Crippen LogP contribution in [-0.2, 0) is 16.7 Å². The van der Waals surface area contributed by atoms with Crippen molar-refractivity contribution < 1.29 is 17.7 Å². The van der Waals surface area contributed by atoms with E-state index >= 15 is 0 Å². The highest BCUT2D eigenvalue weighted by Gasteiger charge is 2.24. The fraction of sp³-hybridized carbons (Fsp3) is 0.500. The number of aromatic nitrogens is 2. The van der Waals surface area contributed by atoms with Crippen LogP contribution < -0.4 is 4.74 Å². The van der Waals surface area contributed by atoms with Crippen LogP contribution in [0.3, 0.4) is 0 Å². The molecule has 0 aliphatic carbocycles. The molecule has 2 rings (SSSR count). The minimum absolute atomic E-state index is 0.133. The van der Waals surface area contributed by atoms with Crippen molar-refractivity contribution in [2.24, 2.45) is 0 Å². The third kappa shape index (κ3) is 1.40. The van der Waals surface area contributed by atoms with Crippen molar-refractivity contribution in [1.29, 1.82) is 0 Å². The van der Waals surface area contributed by atoms with E-state index in [0.717, 1.165) is 12.6 Å². The fourth-order valence-electron chi connectivity index (χ4n) is 1.22. The second-order valence-electron chi connectivity index (χ2n) is 2.71. The van der Waals surface area contributed by atoms with E-state index in [1.54, 1.807) is 0 Å².